The van der Waals surface area contributed by atoms with Crippen LogP contribution in [-0.4, -0.2) is 36.0 Å². The lowest BCUT2D eigenvalue weighted by Gasteiger charge is -2.35. The van der Waals surface area contributed by atoms with Gasteiger partial charge in [-0.3, -0.25) is 4.79 Å². The van der Waals surface area contributed by atoms with E-state index in [9.17, 15) is 9.18 Å². The van der Waals surface area contributed by atoms with E-state index in [0.717, 1.165) is 19.6 Å². The molecule has 2 saturated heterocycles. The van der Waals surface area contributed by atoms with Gasteiger partial charge in [-0.1, -0.05) is 11.6 Å². The van der Waals surface area contributed by atoms with Gasteiger partial charge in [-0.05, 0) is 43.9 Å². The first-order valence-electron chi connectivity index (χ1n) is 6.89. The molecule has 2 aliphatic heterocycles. The summed E-state index contributed by atoms with van der Waals surface area (Å²) in [5.41, 5.74) is 0.268. The number of benzene rings is 1. The molecule has 0 aromatic heterocycles. The Labute approximate surface area is 123 Å². The van der Waals surface area contributed by atoms with Gasteiger partial charge >= 0.3 is 0 Å². The molecule has 0 aliphatic carbocycles. The fourth-order valence-electron chi connectivity index (χ4n) is 3.55. The summed E-state index contributed by atoms with van der Waals surface area (Å²) in [4.78, 5) is 14.6. The van der Waals surface area contributed by atoms with Crippen molar-refractivity contribution in [3.05, 3.63) is 34.6 Å². The molecule has 1 aromatic rings. The average Bonchev–Trinajstić information content (AvgIpc) is 2.95. The standard InChI is InChI=1S/C15H18ClFN2O/c1-15(2)11-7-18-6-10(11)8-19(15)14(20)9-3-4-13(17)12(16)5-9/h3-5,10-11,18H,6-8H2,1-2H3. The first-order chi connectivity index (χ1) is 9.41. The van der Waals surface area contributed by atoms with Crippen molar-refractivity contribution in [3.63, 3.8) is 0 Å². The van der Waals surface area contributed by atoms with Gasteiger partial charge in [-0.25, -0.2) is 4.39 Å². The van der Waals surface area contributed by atoms with Crippen LogP contribution in [0.15, 0.2) is 18.2 Å². The molecular formula is C15H18ClFN2O. The normalized spacial score (nSPS) is 27.7. The van der Waals surface area contributed by atoms with Crippen molar-refractivity contribution in [2.24, 2.45) is 11.8 Å². The maximum atomic E-state index is 13.2. The summed E-state index contributed by atoms with van der Waals surface area (Å²) in [6.45, 7) is 6.87. The van der Waals surface area contributed by atoms with Crippen LogP contribution in [0, 0.1) is 17.7 Å². The quantitative estimate of drug-likeness (QED) is 0.864. The fourth-order valence-corrected chi connectivity index (χ4v) is 3.73. The van der Waals surface area contributed by atoms with E-state index < -0.39 is 5.82 Å². The largest absolute Gasteiger partial charge is 0.333 e. The van der Waals surface area contributed by atoms with E-state index in [1.54, 1.807) is 0 Å². The molecule has 20 heavy (non-hydrogen) atoms. The van der Waals surface area contributed by atoms with Crippen LogP contribution in [0.3, 0.4) is 0 Å². The van der Waals surface area contributed by atoms with Crippen LogP contribution in [0.2, 0.25) is 5.02 Å². The second-order valence-electron chi connectivity index (χ2n) is 6.22. The Kier molecular flexibility index (Phi) is 3.26. The lowest BCUT2D eigenvalue weighted by atomic mass is 9.84. The van der Waals surface area contributed by atoms with Crippen LogP contribution in [0.4, 0.5) is 4.39 Å². The number of hydrogen-bond acceptors (Lipinski definition) is 2. The Morgan fingerprint density at radius 3 is 2.85 bits per heavy atom. The number of carbonyl (C=O) groups is 1. The van der Waals surface area contributed by atoms with Crippen molar-refractivity contribution >= 4 is 17.5 Å². The third-order valence-corrected chi connectivity index (χ3v) is 5.06. The number of amides is 1. The van der Waals surface area contributed by atoms with E-state index in [1.165, 1.54) is 18.2 Å². The third kappa shape index (κ3) is 2.02. The molecule has 1 N–H and O–H groups in total. The zero-order valence-electron chi connectivity index (χ0n) is 11.6. The maximum absolute atomic E-state index is 13.2. The van der Waals surface area contributed by atoms with Gasteiger partial charge in [-0.2, -0.15) is 0 Å². The van der Waals surface area contributed by atoms with Crippen molar-refractivity contribution in [1.29, 1.82) is 0 Å². The summed E-state index contributed by atoms with van der Waals surface area (Å²) >= 11 is 5.78. The molecule has 2 fully saturated rings. The number of hydrogen-bond donors (Lipinski definition) is 1. The monoisotopic (exact) mass is 296 g/mol. The van der Waals surface area contributed by atoms with Gasteiger partial charge in [0.25, 0.3) is 5.91 Å². The minimum Gasteiger partial charge on any atom is -0.333 e. The Balaban J connectivity index is 1.89. The SMILES string of the molecule is CC1(C)C2CNCC2CN1C(=O)c1ccc(F)c(Cl)c1. The molecule has 1 aromatic carbocycles. The molecule has 1 amide bonds. The summed E-state index contributed by atoms with van der Waals surface area (Å²) in [7, 11) is 0. The van der Waals surface area contributed by atoms with Gasteiger partial charge in [0.1, 0.15) is 5.82 Å². The van der Waals surface area contributed by atoms with Gasteiger partial charge in [0, 0.05) is 30.7 Å². The minimum atomic E-state index is -0.495. The van der Waals surface area contributed by atoms with Gasteiger partial charge in [0.05, 0.1) is 5.02 Å². The predicted molar refractivity (Wildman–Crippen MR) is 76.4 cm³/mol. The molecule has 2 aliphatic rings. The molecule has 0 radical (unpaired) electrons. The van der Waals surface area contributed by atoms with Crippen molar-refractivity contribution in [1.82, 2.24) is 10.2 Å². The number of likely N-dealkylation sites (tertiary alicyclic amines) is 1. The highest BCUT2D eigenvalue weighted by atomic mass is 35.5. The predicted octanol–water partition coefficient (Wildman–Crippen LogP) is 2.55. The molecular weight excluding hydrogens is 279 g/mol. The molecule has 2 heterocycles. The Morgan fingerprint density at radius 1 is 1.45 bits per heavy atom. The van der Waals surface area contributed by atoms with E-state index >= 15 is 0 Å². The Bertz CT molecular complexity index is 561. The van der Waals surface area contributed by atoms with E-state index in [0.29, 0.717) is 17.4 Å². The molecule has 2 unspecified atom stereocenters. The lowest BCUT2D eigenvalue weighted by molar-refractivity contribution is 0.0603. The van der Waals surface area contributed by atoms with Crippen LogP contribution < -0.4 is 5.32 Å². The maximum Gasteiger partial charge on any atom is 0.254 e. The zero-order valence-corrected chi connectivity index (χ0v) is 12.4. The number of nitrogens with zero attached hydrogens (tertiary/aromatic N) is 1. The van der Waals surface area contributed by atoms with E-state index in [1.807, 2.05) is 4.90 Å². The highest BCUT2D eigenvalue weighted by molar-refractivity contribution is 6.31. The number of fused-ring (bicyclic) bond motifs is 1. The molecule has 0 spiro atoms. The molecule has 3 rings (SSSR count). The van der Waals surface area contributed by atoms with Crippen LogP contribution in [0.25, 0.3) is 0 Å². The first kappa shape index (κ1) is 13.8. The van der Waals surface area contributed by atoms with E-state index in [2.05, 4.69) is 19.2 Å². The second kappa shape index (κ2) is 4.71. The van der Waals surface area contributed by atoms with E-state index in [4.69, 9.17) is 11.6 Å². The first-order valence-corrected chi connectivity index (χ1v) is 7.27. The van der Waals surface area contributed by atoms with Crippen LogP contribution >= 0.6 is 11.6 Å². The topological polar surface area (TPSA) is 32.3 Å². The third-order valence-electron chi connectivity index (χ3n) is 4.77. The van der Waals surface area contributed by atoms with Crippen molar-refractivity contribution in [2.75, 3.05) is 19.6 Å². The lowest BCUT2D eigenvalue weighted by Crippen LogP contribution is -2.47. The van der Waals surface area contributed by atoms with Gasteiger partial charge in [-0.15, -0.1) is 0 Å². The molecule has 3 nitrogen and oxygen atoms in total. The smallest absolute Gasteiger partial charge is 0.254 e. The fraction of sp³-hybridized carbons (Fsp3) is 0.533. The minimum absolute atomic E-state index is 0.00489. The summed E-state index contributed by atoms with van der Waals surface area (Å²) in [5.74, 6) is 0.420. The number of nitrogens with one attached hydrogen (secondary N) is 1. The van der Waals surface area contributed by atoms with Crippen LogP contribution in [0.1, 0.15) is 24.2 Å². The highest BCUT2D eigenvalue weighted by Crippen LogP contribution is 2.41. The van der Waals surface area contributed by atoms with Gasteiger partial charge in [0.2, 0.25) is 0 Å². The molecule has 108 valence electrons. The second-order valence-corrected chi connectivity index (χ2v) is 6.63. The summed E-state index contributed by atoms with van der Waals surface area (Å²) < 4.78 is 13.2. The highest BCUT2D eigenvalue weighted by Gasteiger charge is 2.51. The van der Waals surface area contributed by atoms with Crippen molar-refractivity contribution in [3.8, 4) is 0 Å². The number of halogens is 2. The molecule has 0 saturated carbocycles. The van der Waals surface area contributed by atoms with Crippen LogP contribution in [-0.2, 0) is 0 Å². The molecule has 2 atom stereocenters. The molecule has 5 heteroatoms. The van der Waals surface area contributed by atoms with Crippen molar-refractivity contribution in [2.45, 2.75) is 19.4 Å². The van der Waals surface area contributed by atoms with Gasteiger partial charge in [0.15, 0.2) is 0 Å². The van der Waals surface area contributed by atoms with Crippen LogP contribution in [0.5, 0.6) is 0 Å². The van der Waals surface area contributed by atoms with E-state index in [-0.39, 0.29) is 16.5 Å². The Hall–Kier alpha value is -1.13. The number of rotatable bonds is 1. The molecule has 0 bridgehead atoms. The van der Waals surface area contributed by atoms with Crippen molar-refractivity contribution < 1.29 is 9.18 Å². The summed E-state index contributed by atoms with van der Waals surface area (Å²) in [6.07, 6.45) is 0. The zero-order chi connectivity index (χ0) is 14.5. The number of carbonyl (C=O) groups excluding carboxylic acids is 1. The average molecular weight is 297 g/mol. The summed E-state index contributed by atoms with van der Waals surface area (Å²) in [5, 5.41) is 3.38. The summed E-state index contributed by atoms with van der Waals surface area (Å²) in [6, 6.07) is 4.18. The Morgan fingerprint density at radius 2 is 2.20 bits per heavy atom. The van der Waals surface area contributed by atoms with Gasteiger partial charge < -0.3 is 10.2 Å².